The molecule has 0 aliphatic carbocycles. The Morgan fingerprint density at radius 1 is 1.23 bits per heavy atom. The van der Waals surface area contributed by atoms with Gasteiger partial charge in [0.2, 0.25) is 0 Å². The summed E-state index contributed by atoms with van der Waals surface area (Å²) >= 11 is 3.90. The van der Waals surface area contributed by atoms with Crippen LogP contribution in [0.1, 0.15) is 13.8 Å². The molecule has 0 saturated heterocycles. The first kappa shape index (κ1) is 13.4. The van der Waals surface area contributed by atoms with Gasteiger partial charge in [0.15, 0.2) is 0 Å². The van der Waals surface area contributed by atoms with Crippen LogP contribution in [0, 0.1) is 0 Å². The summed E-state index contributed by atoms with van der Waals surface area (Å²) in [7, 11) is 0. The van der Waals surface area contributed by atoms with Gasteiger partial charge in [-0.05, 0) is 13.8 Å². The Labute approximate surface area is 90.7 Å². The van der Waals surface area contributed by atoms with Crippen molar-refractivity contribution in [2.75, 3.05) is 29.6 Å². The summed E-state index contributed by atoms with van der Waals surface area (Å²) in [5.74, 6) is 4.63. The lowest BCUT2D eigenvalue weighted by atomic mass is 10.5. The van der Waals surface area contributed by atoms with E-state index in [1.807, 2.05) is 29.6 Å². The zero-order valence-corrected chi connectivity index (χ0v) is 10.3. The van der Waals surface area contributed by atoms with E-state index in [4.69, 9.17) is 4.74 Å². The van der Waals surface area contributed by atoms with Crippen LogP contribution >= 0.6 is 23.5 Å². The average molecular weight is 220 g/mol. The first-order valence-corrected chi connectivity index (χ1v) is 6.96. The van der Waals surface area contributed by atoms with Gasteiger partial charge in [0.1, 0.15) is 0 Å². The smallest absolute Gasteiger partial charge is 0.0560 e. The summed E-state index contributed by atoms with van der Waals surface area (Å²) in [5.41, 5.74) is 0. The van der Waals surface area contributed by atoms with Gasteiger partial charge in [-0.1, -0.05) is 6.08 Å². The normalized spacial score (nSPS) is 10.7. The van der Waals surface area contributed by atoms with Crippen molar-refractivity contribution in [1.82, 2.24) is 0 Å². The predicted octanol–water partition coefficient (Wildman–Crippen LogP) is 3.06. The molecule has 0 amide bonds. The molecule has 0 atom stereocenters. The molecule has 1 nitrogen and oxygen atoms in total. The van der Waals surface area contributed by atoms with E-state index in [2.05, 4.69) is 20.4 Å². The van der Waals surface area contributed by atoms with E-state index in [1.54, 1.807) is 0 Å². The SMILES string of the molecule is C=CCSCCSCCOC(C)C. The lowest BCUT2D eigenvalue weighted by Crippen LogP contribution is -2.05. The maximum absolute atomic E-state index is 5.43. The van der Waals surface area contributed by atoms with Gasteiger partial charge in [-0.15, -0.1) is 6.58 Å². The van der Waals surface area contributed by atoms with Gasteiger partial charge < -0.3 is 4.74 Å². The van der Waals surface area contributed by atoms with Gasteiger partial charge in [-0.2, -0.15) is 23.5 Å². The van der Waals surface area contributed by atoms with Crippen LogP contribution in [0.25, 0.3) is 0 Å². The van der Waals surface area contributed by atoms with E-state index in [9.17, 15) is 0 Å². The topological polar surface area (TPSA) is 9.23 Å². The highest BCUT2D eigenvalue weighted by atomic mass is 32.2. The predicted molar refractivity (Wildman–Crippen MR) is 65.9 cm³/mol. The van der Waals surface area contributed by atoms with Crippen molar-refractivity contribution in [1.29, 1.82) is 0 Å². The van der Waals surface area contributed by atoms with E-state index in [1.165, 1.54) is 11.5 Å². The molecule has 0 aliphatic rings. The van der Waals surface area contributed by atoms with Gasteiger partial charge in [-0.25, -0.2) is 0 Å². The van der Waals surface area contributed by atoms with Crippen molar-refractivity contribution < 1.29 is 4.74 Å². The fourth-order valence-electron chi connectivity index (χ4n) is 0.729. The van der Waals surface area contributed by atoms with Crippen LogP contribution in [0.5, 0.6) is 0 Å². The Kier molecular flexibility index (Phi) is 10.8. The highest BCUT2D eigenvalue weighted by Gasteiger charge is 1.93. The van der Waals surface area contributed by atoms with Crippen molar-refractivity contribution in [3.8, 4) is 0 Å². The van der Waals surface area contributed by atoms with E-state index < -0.39 is 0 Å². The number of thioether (sulfide) groups is 2. The third kappa shape index (κ3) is 12.4. The van der Waals surface area contributed by atoms with E-state index in [0.29, 0.717) is 6.10 Å². The van der Waals surface area contributed by atoms with E-state index in [-0.39, 0.29) is 0 Å². The quantitative estimate of drug-likeness (QED) is 0.436. The first-order chi connectivity index (χ1) is 6.27. The average Bonchev–Trinajstić information content (AvgIpc) is 2.09. The van der Waals surface area contributed by atoms with Crippen LogP contribution in [0.15, 0.2) is 12.7 Å². The first-order valence-electron chi connectivity index (χ1n) is 4.65. The van der Waals surface area contributed by atoms with Crippen LogP contribution in [-0.2, 0) is 4.74 Å². The Balaban J connectivity index is 2.87. The van der Waals surface area contributed by atoms with Crippen LogP contribution in [0.4, 0.5) is 0 Å². The Morgan fingerprint density at radius 3 is 2.54 bits per heavy atom. The summed E-state index contributed by atoms with van der Waals surface area (Å²) in [6.07, 6.45) is 2.33. The summed E-state index contributed by atoms with van der Waals surface area (Å²) in [5, 5.41) is 0. The maximum atomic E-state index is 5.43. The molecule has 0 aromatic carbocycles. The molecular formula is C10H20OS2. The molecule has 13 heavy (non-hydrogen) atoms. The number of rotatable bonds is 9. The monoisotopic (exact) mass is 220 g/mol. The Morgan fingerprint density at radius 2 is 1.92 bits per heavy atom. The molecule has 0 aromatic heterocycles. The van der Waals surface area contributed by atoms with Crippen molar-refractivity contribution in [2.24, 2.45) is 0 Å². The van der Waals surface area contributed by atoms with E-state index in [0.717, 1.165) is 18.1 Å². The second-order valence-corrected chi connectivity index (χ2v) is 5.27. The molecule has 0 unspecified atom stereocenters. The molecule has 0 rings (SSSR count). The summed E-state index contributed by atoms with van der Waals surface area (Å²) in [6, 6.07) is 0. The minimum absolute atomic E-state index is 0.371. The van der Waals surface area contributed by atoms with Crippen LogP contribution in [0.3, 0.4) is 0 Å². The fourth-order valence-corrected chi connectivity index (χ4v) is 2.42. The molecule has 0 aromatic rings. The minimum atomic E-state index is 0.371. The summed E-state index contributed by atoms with van der Waals surface area (Å²) in [4.78, 5) is 0. The van der Waals surface area contributed by atoms with Crippen molar-refractivity contribution >= 4 is 23.5 Å². The molecule has 0 aliphatic heterocycles. The standard InChI is InChI=1S/C10H20OS2/c1-4-6-12-8-9-13-7-5-11-10(2)3/h4,10H,1,5-9H2,2-3H3. The molecule has 0 radical (unpaired) electrons. The molecule has 3 heteroatoms. The Hall–Kier alpha value is 0.400. The minimum Gasteiger partial charge on any atom is -0.378 e. The zero-order chi connectivity index (χ0) is 9.94. The second kappa shape index (κ2) is 10.5. The molecule has 0 N–H and O–H groups in total. The summed E-state index contributed by atoms with van der Waals surface area (Å²) < 4.78 is 5.43. The number of hydrogen-bond acceptors (Lipinski definition) is 3. The lowest BCUT2D eigenvalue weighted by molar-refractivity contribution is 0.0920. The molecule has 0 spiro atoms. The van der Waals surface area contributed by atoms with Crippen LogP contribution in [-0.4, -0.2) is 35.7 Å². The van der Waals surface area contributed by atoms with E-state index >= 15 is 0 Å². The fraction of sp³-hybridized carbons (Fsp3) is 0.800. The molecule has 0 fully saturated rings. The molecule has 0 bridgehead atoms. The summed E-state index contributed by atoms with van der Waals surface area (Å²) in [6.45, 7) is 8.71. The molecule has 78 valence electrons. The molecule has 0 heterocycles. The molecule has 0 saturated carbocycles. The number of hydrogen-bond donors (Lipinski definition) is 0. The van der Waals surface area contributed by atoms with Gasteiger partial charge >= 0.3 is 0 Å². The third-order valence-electron chi connectivity index (χ3n) is 1.29. The lowest BCUT2D eigenvalue weighted by Gasteiger charge is -2.06. The van der Waals surface area contributed by atoms with Crippen molar-refractivity contribution in [3.05, 3.63) is 12.7 Å². The molecular weight excluding hydrogens is 200 g/mol. The van der Waals surface area contributed by atoms with Crippen LogP contribution < -0.4 is 0 Å². The zero-order valence-electron chi connectivity index (χ0n) is 8.62. The largest absolute Gasteiger partial charge is 0.378 e. The van der Waals surface area contributed by atoms with Crippen molar-refractivity contribution in [3.63, 3.8) is 0 Å². The van der Waals surface area contributed by atoms with Crippen LogP contribution in [0.2, 0.25) is 0 Å². The van der Waals surface area contributed by atoms with Gasteiger partial charge in [0, 0.05) is 23.0 Å². The van der Waals surface area contributed by atoms with Gasteiger partial charge in [-0.3, -0.25) is 0 Å². The third-order valence-corrected chi connectivity index (χ3v) is 3.46. The van der Waals surface area contributed by atoms with Gasteiger partial charge in [0.05, 0.1) is 12.7 Å². The second-order valence-electron chi connectivity index (χ2n) is 2.90. The van der Waals surface area contributed by atoms with Gasteiger partial charge in [0.25, 0.3) is 0 Å². The maximum Gasteiger partial charge on any atom is 0.0560 e. The van der Waals surface area contributed by atoms with Crippen molar-refractivity contribution in [2.45, 2.75) is 20.0 Å². The highest BCUT2D eigenvalue weighted by molar-refractivity contribution is 8.03. The Bertz CT molecular complexity index is 115. The number of ether oxygens (including phenoxy) is 1. The highest BCUT2D eigenvalue weighted by Crippen LogP contribution is 2.06.